The Morgan fingerprint density at radius 3 is 2.36 bits per heavy atom. The Morgan fingerprint density at radius 2 is 1.68 bits per heavy atom. The molecule has 8 nitrogen and oxygen atoms in total. The lowest BCUT2D eigenvalue weighted by molar-refractivity contribution is -0.0446. The van der Waals surface area contributed by atoms with E-state index in [1.54, 1.807) is 24.3 Å². The molecule has 1 saturated heterocycles. The van der Waals surface area contributed by atoms with E-state index in [1.807, 2.05) is 24.3 Å². The van der Waals surface area contributed by atoms with Crippen molar-refractivity contribution < 1.29 is 35.5 Å². The minimum atomic E-state index is -5.93. The molecule has 13 heteroatoms. The van der Waals surface area contributed by atoms with Crippen LogP contribution in [-0.2, 0) is 21.2 Å². The zero-order valence-corrected chi connectivity index (χ0v) is 30.3. The molecule has 0 saturated carbocycles. The van der Waals surface area contributed by atoms with Crippen molar-refractivity contribution in [1.82, 2.24) is 19.2 Å². The first-order chi connectivity index (χ1) is 25.3. The number of alkyl halides is 3. The molecule has 53 heavy (non-hydrogen) atoms. The van der Waals surface area contributed by atoms with Gasteiger partial charge in [-0.05, 0) is 66.3 Å². The quantitative estimate of drug-likeness (QED) is 0.144. The van der Waals surface area contributed by atoms with Crippen LogP contribution < -0.4 is 4.72 Å². The lowest BCUT2D eigenvalue weighted by atomic mass is 9.83. The van der Waals surface area contributed by atoms with E-state index in [4.69, 9.17) is 9.72 Å². The van der Waals surface area contributed by atoms with Crippen molar-refractivity contribution in [2.45, 2.75) is 63.4 Å². The van der Waals surface area contributed by atoms with E-state index in [-0.39, 0.29) is 23.3 Å². The number of carbonyl (C=O) groups is 1. The Labute approximate surface area is 305 Å². The molecule has 1 N–H and O–H groups in total. The molecule has 1 fully saturated rings. The molecule has 5 aromatic rings. The fourth-order valence-corrected chi connectivity index (χ4v) is 8.47. The summed E-state index contributed by atoms with van der Waals surface area (Å²) < 4.78 is 87.5. The second kappa shape index (κ2) is 14.2. The van der Waals surface area contributed by atoms with E-state index in [2.05, 4.69) is 29.9 Å². The van der Waals surface area contributed by atoms with Gasteiger partial charge in [0.1, 0.15) is 5.82 Å². The summed E-state index contributed by atoms with van der Waals surface area (Å²) in [7, 11) is -5.93. The Bertz CT molecular complexity index is 2340. The molecule has 1 unspecified atom stereocenters. The minimum absolute atomic E-state index is 0.106. The highest BCUT2D eigenvalue weighted by molar-refractivity contribution is 7.90. The number of nitrogens with zero attached hydrogens (tertiary/aromatic N) is 3. The van der Waals surface area contributed by atoms with Gasteiger partial charge in [0.05, 0.1) is 41.7 Å². The summed E-state index contributed by atoms with van der Waals surface area (Å²) in [6.07, 6.45) is 4.04. The molecule has 0 bridgehead atoms. The van der Waals surface area contributed by atoms with Crippen LogP contribution in [0.15, 0.2) is 79.0 Å². The predicted octanol–water partition coefficient (Wildman–Crippen LogP) is 8.87. The summed E-state index contributed by atoms with van der Waals surface area (Å²) in [5, 5.41) is 1.74. The van der Waals surface area contributed by atoms with Crippen molar-refractivity contribution in [3.05, 3.63) is 102 Å². The maximum atomic E-state index is 14.8. The van der Waals surface area contributed by atoms with E-state index >= 15 is 0 Å². The first kappa shape index (κ1) is 36.6. The number of hydrogen-bond donors (Lipinski definition) is 1. The number of allylic oxidation sites excluding steroid dienone is 1. The van der Waals surface area contributed by atoms with Gasteiger partial charge in [-0.25, -0.2) is 14.1 Å². The topological polar surface area (TPSA) is 93.5 Å². The Balaban J connectivity index is 1.49. The van der Waals surface area contributed by atoms with Crippen LogP contribution >= 0.6 is 0 Å². The molecule has 2 aromatic heterocycles. The number of amides is 1. The molecular weight excluding hydrogens is 709 g/mol. The van der Waals surface area contributed by atoms with Gasteiger partial charge in [-0.15, -0.1) is 0 Å². The molecule has 278 valence electrons. The van der Waals surface area contributed by atoms with Gasteiger partial charge in [0, 0.05) is 52.7 Å². The number of rotatable bonds is 10. The van der Waals surface area contributed by atoms with E-state index in [9.17, 15) is 30.8 Å². The molecule has 0 radical (unpaired) electrons. The summed E-state index contributed by atoms with van der Waals surface area (Å²) >= 11 is 0. The van der Waals surface area contributed by atoms with Crippen LogP contribution in [0.1, 0.15) is 73.0 Å². The molecular formula is C40H40F4N4O4S. The second-order valence-corrected chi connectivity index (χ2v) is 15.3. The summed E-state index contributed by atoms with van der Waals surface area (Å²) in [6.45, 7) is 11.1. The van der Waals surface area contributed by atoms with Crippen molar-refractivity contribution in [3.63, 3.8) is 0 Å². The van der Waals surface area contributed by atoms with Crippen LogP contribution in [0.2, 0.25) is 0 Å². The Kier molecular flexibility index (Phi) is 9.83. The van der Waals surface area contributed by atoms with Crippen molar-refractivity contribution in [2.75, 3.05) is 26.3 Å². The number of halogens is 4. The van der Waals surface area contributed by atoms with Gasteiger partial charge in [0.15, 0.2) is 0 Å². The number of ether oxygens (including phenoxy) is 1. The Morgan fingerprint density at radius 1 is 0.981 bits per heavy atom. The molecule has 7 rings (SSSR count). The van der Waals surface area contributed by atoms with Gasteiger partial charge in [-0.1, -0.05) is 63.6 Å². The SMILES string of the molecule is C=C(C1Cc2c(ccc3nc(-c4ccccc4F)ccc23)-c2c(C(CCC)CCC)c3ccc(C(=O)NS(=O)(=O)C(F)(F)F)cc3n21)N1CCOCC1. The molecule has 4 heterocycles. The zero-order valence-electron chi connectivity index (χ0n) is 29.5. The van der Waals surface area contributed by atoms with Gasteiger partial charge in [-0.2, -0.15) is 21.6 Å². The van der Waals surface area contributed by atoms with Crippen molar-refractivity contribution in [1.29, 1.82) is 0 Å². The fraction of sp³-hybridized carbons (Fsp3) is 0.350. The van der Waals surface area contributed by atoms with Gasteiger partial charge in [0.25, 0.3) is 5.91 Å². The molecule has 1 atom stereocenters. The number of sulfonamides is 1. The average Bonchev–Trinajstić information content (AvgIpc) is 3.48. The first-order valence-electron chi connectivity index (χ1n) is 17.8. The Hall–Kier alpha value is -4.75. The van der Waals surface area contributed by atoms with Gasteiger partial charge in [0.2, 0.25) is 0 Å². The van der Waals surface area contributed by atoms with Crippen LogP contribution in [0.5, 0.6) is 0 Å². The highest BCUT2D eigenvalue weighted by Gasteiger charge is 2.47. The number of morpholine rings is 1. The number of benzene rings is 3. The minimum Gasteiger partial charge on any atom is -0.378 e. The van der Waals surface area contributed by atoms with Crippen LogP contribution in [0, 0.1) is 5.82 Å². The van der Waals surface area contributed by atoms with E-state index in [1.165, 1.54) is 22.9 Å². The number of fused-ring (bicyclic) bond motifs is 7. The maximum Gasteiger partial charge on any atom is 0.516 e. The lowest BCUT2D eigenvalue weighted by Gasteiger charge is -2.39. The third-order valence-corrected chi connectivity index (χ3v) is 11.5. The first-order valence-corrected chi connectivity index (χ1v) is 19.3. The van der Waals surface area contributed by atoms with Crippen LogP contribution in [0.25, 0.3) is 44.3 Å². The van der Waals surface area contributed by atoms with Crippen molar-refractivity contribution in [2.24, 2.45) is 0 Å². The van der Waals surface area contributed by atoms with Gasteiger partial charge >= 0.3 is 15.5 Å². The van der Waals surface area contributed by atoms with Gasteiger partial charge in [-0.3, -0.25) is 4.79 Å². The monoisotopic (exact) mass is 748 g/mol. The van der Waals surface area contributed by atoms with Gasteiger partial charge < -0.3 is 14.2 Å². The summed E-state index contributed by atoms with van der Waals surface area (Å²) in [5.41, 5.74) is 1.14. The highest BCUT2D eigenvalue weighted by Crippen LogP contribution is 2.50. The van der Waals surface area contributed by atoms with Crippen LogP contribution in [0.3, 0.4) is 0 Å². The number of nitrogens with one attached hydrogen (secondary N) is 1. The zero-order chi connectivity index (χ0) is 37.7. The van der Waals surface area contributed by atoms with Crippen LogP contribution in [-0.4, -0.2) is 60.6 Å². The number of hydrogen-bond acceptors (Lipinski definition) is 6. The van der Waals surface area contributed by atoms with Crippen LogP contribution in [0.4, 0.5) is 17.6 Å². The standard InChI is InChI=1S/C40H40F4N4O4S/c1-4-8-25(9-5-2)37-30-13-12-26(39(49)46-53(50,51)40(42,43)44)22-36(30)48-35(24(3)47-18-20-52-21-19-47)23-31-27-14-16-34(29-10-6-7-11-32(29)41)45-33(27)17-15-28(31)38(37)48/h6-7,10-17,22,25,35H,3-5,8-9,18-21,23H2,1-2H3,(H,46,49). The number of carbonyl (C=O) groups excluding carboxylic acids is 1. The highest BCUT2D eigenvalue weighted by atomic mass is 32.2. The fourth-order valence-electron chi connectivity index (χ4n) is 8.00. The molecule has 3 aromatic carbocycles. The molecule has 2 aliphatic heterocycles. The third-order valence-electron chi connectivity index (χ3n) is 10.4. The largest absolute Gasteiger partial charge is 0.516 e. The lowest BCUT2D eigenvalue weighted by Crippen LogP contribution is -2.40. The van der Waals surface area contributed by atoms with Crippen molar-refractivity contribution >= 4 is 37.7 Å². The van der Waals surface area contributed by atoms with E-state index in [0.717, 1.165) is 64.5 Å². The summed E-state index contributed by atoms with van der Waals surface area (Å²) in [4.78, 5) is 20.2. The normalized spacial score (nSPS) is 16.2. The number of aromatic nitrogens is 2. The summed E-state index contributed by atoms with van der Waals surface area (Å²) in [6, 6.07) is 18.5. The second-order valence-electron chi connectivity index (χ2n) is 13.7. The predicted molar refractivity (Wildman–Crippen MR) is 197 cm³/mol. The van der Waals surface area contributed by atoms with Crippen molar-refractivity contribution in [3.8, 4) is 22.5 Å². The molecule has 0 spiro atoms. The van der Waals surface area contributed by atoms with E-state index < -0.39 is 21.4 Å². The molecule has 0 aliphatic carbocycles. The molecule has 1 amide bonds. The summed E-state index contributed by atoms with van der Waals surface area (Å²) in [5.74, 6) is -1.63. The third kappa shape index (κ3) is 6.58. The maximum absolute atomic E-state index is 14.8. The average molecular weight is 749 g/mol. The molecule has 2 aliphatic rings. The number of pyridine rings is 1. The van der Waals surface area contributed by atoms with E-state index in [0.29, 0.717) is 55.0 Å². The smallest absolute Gasteiger partial charge is 0.378 e.